The van der Waals surface area contributed by atoms with Crippen LogP contribution in [0.1, 0.15) is 33.3 Å². The van der Waals surface area contributed by atoms with Gasteiger partial charge in [0.15, 0.2) is 15.6 Å². The first-order valence-electron chi connectivity index (χ1n) is 11.6. The summed E-state index contributed by atoms with van der Waals surface area (Å²) < 4.78 is 26.6. The molecule has 0 saturated heterocycles. The number of primary amides is 1. The van der Waals surface area contributed by atoms with E-state index in [1.807, 2.05) is 0 Å². The van der Waals surface area contributed by atoms with Crippen molar-refractivity contribution >= 4 is 73.5 Å². The number of carboxylic acid groups (broad SMARTS) is 1. The molecule has 206 valence electrons. The van der Waals surface area contributed by atoms with Crippen molar-refractivity contribution in [3.05, 3.63) is 81.5 Å². The van der Waals surface area contributed by atoms with E-state index in [1.54, 1.807) is 24.3 Å². The molecule has 6 N–H and O–H groups in total. The molecule has 1 aromatic heterocycles. The number of aromatic nitrogens is 1. The second kappa shape index (κ2) is 11.0. The summed E-state index contributed by atoms with van der Waals surface area (Å²) in [5.41, 5.74) is 4.21. The Kier molecular flexibility index (Phi) is 7.92. The summed E-state index contributed by atoms with van der Waals surface area (Å²) in [6.45, 7) is 1.34. The molecule has 0 aliphatic carbocycles. The number of carboxylic acids is 1. The summed E-state index contributed by atoms with van der Waals surface area (Å²) >= 11 is 12.1. The van der Waals surface area contributed by atoms with E-state index in [0.717, 1.165) is 12.1 Å². The molecule has 13 heteroatoms. The first-order valence-corrected chi connectivity index (χ1v) is 14.0. The highest BCUT2D eigenvalue weighted by molar-refractivity contribution is 7.91. The number of aromatic amines is 1. The van der Waals surface area contributed by atoms with Gasteiger partial charge in [0.25, 0.3) is 5.91 Å². The summed E-state index contributed by atoms with van der Waals surface area (Å²) in [4.78, 5) is 39.7. The lowest BCUT2D eigenvalue weighted by atomic mass is 9.96. The van der Waals surface area contributed by atoms with Crippen molar-refractivity contribution in [2.75, 3.05) is 11.1 Å². The Labute approximate surface area is 237 Å². The van der Waals surface area contributed by atoms with Gasteiger partial charge in [-0.15, -0.1) is 0 Å². The van der Waals surface area contributed by atoms with Crippen LogP contribution in [-0.4, -0.2) is 47.2 Å². The molecule has 0 bridgehead atoms. The zero-order chi connectivity index (χ0) is 29.4. The van der Waals surface area contributed by atoms with Crippen LogP contribution in [0.3, 0.4) is 0 Å². The third kappa shape index (κ3) is 5.53. The van der Waals surface area contributed by atoms with Crippen LogP contribution in [0.25, 0.3) is 28.1 Å². The van der Waals surface area contributed by atoms with Gasteiger partial charge in [0.1, 0.15) is 5.69 Å². The molecular formula is C27H21Cl2N3O7S. The zero-order valence-electron chi connectivity index (χ0n) is 20.7. The van der Waals surface area contributed by atoms with Crippen molar-refractivity contribution in [1.29, 1.82) is 0 Å². The summed E-state index contributed by atoms with van der Waals surface area (Å²) in [6.07, 6.45) is 2.53. The molecule has 0 atom stereocenters. The average Bonchev–Trinajstić information content (AvgIpc) is 3.27. The number of sulfone groups is 1. The number of amides is 2. The number of aromatic hydroxyl groups is 1. The highest BCUT2D eigenvalue weighted by atomic mass is 35.5. The Morgan fingerprint density at radius 1 is 1.02 bits per heavy atom. The molecule has 40 heavy (non-hydrogen) atoms. The first kappa shape index (κ1) is 28.7. The number of fused-ring (bicyclic) bond motifs is 1. The van der Waals surface area contributed by atoms with Gasteiger partial charge in [0.05, 0.1) is 21.9 Å². The quantitative estimate of drug-likeness (QED) is 0.138. The van der Waals surface area contributed by atoms with Crippen LogP contribution in [0.4, 0.5) is 5.69 Å². The van der Waals surface area contributed by atoms with Gasteiger partial charge in [-0.05, 0) is 48.0 Å². The van der Waals surface area contributed by atoms with Gasteiger partial charge < -0.3 is 26.2 Å². The van der Waals surface area contributed by atoms with E-state index in [2.05, 4.69) is 10.3 Å². The molecule has 0 fully saturated rings. The van der Waals surface area contributed by atoms with E-state index in [4.69, 9.17) is 28.9 Å². The second-order valence-electron chi connectivity index (χ2n) is 8.53. The molecule has 10 nitrogen and oxygen atoms in total. The predicted molar refractivity (Wildman–Crippen MR) is 153 cm³/mol. The van der Waals surface area contributed by atoms with Gasteiger partial charge >= 0.3 is 5.97 Å². The molecule has 0 unspecified atom stereocenters. The van der Waals surface area contributed by atoms with Crippen LogP contribution in [-0.2, 0) is 14.6 Å². The van der Waals surface area contributed by atoms with Crippen molar-refractivity contribution in [2.24, 2.45) is 5.73 Å². The lowest BCUT2D eigenvalue weighted by Crippen LogP contribution is -2.18. The zero-order valence-corrected chi connectivity index (χ0v) is 23.0. The molecule has 0 aliphatic heterocycles. The number of hydrogen-bond acceptors (Lipinski definition) is 6. The van der Waals surface area contributed by atoms with Crippen LogP contribution in [0.15, 0.2) is 59.5 Å². The Morgan fingerprint density at radius 3 is 2.27 bits per heavy atom. The molecule has 3 aromatic carbocycles. The molecule has 4 aromatic rings. The van der Waals surface area contributed by atoms with Gasteiger partial charge in [-0.25, -0.2) is 13.2 Å². The normalized spacial score (nSPS) is 11.7. The number of benzene rings is 3. The lowest BCUT2D eigenvalue weighted by Gasteiger charge is -2.19. The number of carbonyl (C=O) groups is 3. The predicted octanol–water partition coefficient (Wildman–Crippen LogP) is 5.09. The maximum Gasteiger partial charge on any atom is 0.352 e. The number of halogens is 2. The molecule has 0 spiro atoms. The SMILES string of the molecule is CCS(=O)(=O)c1cc(C(N)=O)c(O)c(NC(=O)C=Cc2ccc(Cl)cc2)c1-c1c(C(=O)O)[nH]c2ccc(Cl)cc12. The number of aromatic carboxylic acids is 1. The van der Waals surface area contributed by atoms with Crippen LogP contribution in [0, 0.1) is 0 Å². The van der Waals surface area contributed by atoms with E-state index in [-0.39, 0.29) is 27.1 Å². The molecule has 0 saturated carbocycles. The highest BCUT2D eigenvalue weighted by Gasteiger charge is 2.32. The van der Waals surface area contributed by atoms with Crippen molar-refractivity contribution in [3.8, 4) is 16.9 Å². The molecule has 0 aliphatic rings. The molecular weight excluding hydrogens is 581 g/mol. The number of H-pyrrole nitrogens is 1. The van der Waals surface area contributed by atoms with E-state index >= 15 is 0 Å². The van der Waals surface area contributed by atoms with E-state index in [9.17, 15) is 33.0 Å². The van der Waals surface area contributed by atoms with Crippen molar-refractivity contribution in [3.63, 3.8) is 0 Å². The average molecular weight is 602 g/mol. The number of hydrogen-bond donors (Lipinski definition) is 5. The van der Waals surface area contributed by atoms with Gasteiger partial charge in [0, 0.05) is 38.2 Å². The Balaban J connectivity index is 2.06. The number of carbonyl (C=O) groups excluding carboxylic acids is 2. The van der Waals surface area contributed by atoms with Crippen molar-refractivity contribution in [1.82, 2.24) is 4.98 Å². The lowest BCUT2D eigenvalue weighted by molar-refractivity contribution is -0.111. The Bertz CT molecular complexity index is 1830. The third-order valence-electron chi connectivity index (χ3n) is 6.01. The van der Waals surface area contributed by atoms with Gasteiger partial charge in [-0.1, -0.05) is 42.3 Å². The topological polar surface area (TPSA) is 180 Å². The fourth-order valence-electron chi connectivity index (χ4n) is 4.10. The molecule has 4 rings (SSSR count). The maximum atomic E-state index is 13.3. The Hall–Kier alpha value is -4.32. The van der Waals surface area contributed by atoms with Crippen LogP contribution in [0.2, 0.25) is 10.0 Å². The van der Waals surface area contributed by atoms with Crippen molar-refractivity contribution in [2.45, 2.75) is 11.8 Å². The highest BCUT2D eigenvalue weighted by Crippen LogP contribution is 2.47. The largest absolute Gasteiger partial charge is 0.505 e. The molecule has 1 heterocycles. The summed E-state index contributed by atoms with van der Waals surface area (Å²) in [7, 11) is -4.21. The summed E-state index contributed by atoms with van der Waals surface area (Å²) in [5, 5.41) is 24.4. The fourth-order valence-corrected chi connectivity index (χ4v) is 5.52. The smallest absolute Gasteiger partial charge is 0.352 e. The number of nitrogens with two attached hydrogens (primary N) is 1. The number of anilines is 1. The van der Waals surface area contributed by atoms with Crippen LogP contribution in [0.5, 0.6) is 5.75 Å². The van der Waals surface area contributed by atoms with Crippen molar-refractivity contribution < 1.29 is 33.0 Å². The molecule has 2 amide bonds. The summed E-state index contributed by atoms with van der Waals surface area (Å²) in [6, 6.07) is 11.8. The summed E-state index contributed by atoms with van der Waals surface area (Å²) in [5.74, 6) is -4.77. The van der Waals surface area contributed by atoms with Crippen LogP contribution < -0.4 is 11.1 Å². The van der Waals surface area contributed by atoms with E-state index in [1.165, 1.54) is 31.2 Å². The maximum absolute atomic E-state index is 13.3. The second-order valence-corrected chi connectivity index (χ2v) is 11.7. The number of rotatable bonds is 8. The van der Waals surface area contributed by atoms with Gasteiger partial charge in [0.2, 0.25) is 5.91 Å². The Morgan fingerprint density at radius 2 is 1.68 bits per heavy atom. The minimum absolute atomic E-state index is 0.180. The minimum Gasteiger partial charge on any atom is -0.505 e. The minimum atomic E-state index is -4.21. The molecule has 0 radical (unpaired) electrons. The van der Waals surface area contributed by atoms with Gasteiger partial charge in [-0.2, -0.15) is 0 Å². The first-order chi connectivity index (χ1) is 18.8. The van der Waals surface area contributed by atoms with Gasteiger partial charge in [-0.3, -0.25) is 9.59 Å². The fraction of sp³-hybridized carbons (Fsp3) is 0.0741. The monoisotopic (exact) mass is 601 g/mol. The number of nitrogens with one attached hydrogen (secondary N) is 2. The van der Waals surface area contributed by atoms with E-state index < -0.39 is 61.0 Å². The third-order valence-corrected chi connectivity index (χ3v) is 8.25. The standard InChI is InChI=1S/C27H21Cl2N3O7S/c1-2-40(38,39)19-12-17(26(30)35)25(34)23(32-20(33)10-5-13-3-6-14(28)7-4-13)22(19)21-16-11-15(29)8-9-18(16)31-24(21)27(36)37/h3-12,31,34H,2H2,1H3,(H2,30,35)(H,32,33)(H,36,37). The van der Waals surface area contributed by atoms with E-state index in [0.29, 0.717) is 10.6 Å². The van der Waals surface area contributed by atoms with Crippen LogP contribution >= 0.6 is 23.2 Å². The number of phenols is 1.